The Labute approximate surface area is 243 Å². The summed E-state index contributed by atoms with van der Waals surface area (Å²) in [5, 5.41) is 10.0. The molecule has 1 aromatic carbocycles. The minimum Gasteiger partial charge on any atom is -0.477 e. The molecule has 41 heavy (non-hydrogen) atoms. The van der Waals surface area contributed by atoms with Crippen LogP contribution >= 0.6 is 11.6 Å². The Morgan fingerprint density at radius 1 is 1.12 bits per heavy atom. The molecule has 5 heterocycles. The molecule has 2 aliphatic rings. The van der Waals surface area contributed by atoms with Gasteiger partial charge in [-0.1, -0.05) is 29.7 Å². The number of aromatic nitrogens is 4. The van der Waals surface area contributed by atoms with Crippen LogP contribution in [0.4, 0.5) is 0 Å². The number of carboxylic acids is 1. The van der Waals surface area contributed by atoms with Crippen LogP contribution in [0, 0.1) is 12.3 Å². The predicted octanol–water partition coefficient (Wildman–Crippen LogP) is 4.91. The van der Waals surface area contributed by atoms with Gasteiger partial charge in [0.15, 0.2) is 11.3 Å². The summed E-state index contributed by atoms with van der Waals surface area (Å²) in [6.07, 6.45) is 8.45. The number of imidazole rings is 1. The van der Waals surface area contributed by atoms with Gasteiger partial charge in [0.1, 0.15) is 17.9 Å². The van der Waals surface area contributed by atoms with Crippen molar-refractivity contribution in [2.45, 2.75) is 51.0 Å². The molecule has 0 bridgehead atoms. The number of hydrogen-bond acceptors (Lipinski definition) is 7. The summed E-state index contributed by atoms with van der Waals surface area (Å²) in [5.74, 6) is 3.32. The summed E-state index contributed by atoms with van der Waals surface area (Å²) < 4.78 is 13.7. The molecule has 10 heteroatoms. The third-order valence-corrected chi connectivity index (χ3v) is 8.13. The van der Waals surface area contributed by atoms with Gasteiger partial charge in [-0.3, -0.25) is 4.90 Å². The number of ether oxygens (including phenoxy) is 2. The summed E-state index contributed by atoms with van der Waals surface area (Å²) in [6.45, 7) is 4.13. The fourth-order valence-electron chi connectivity index (χ4n) is 5.34. The summed E-state index contributed by atoms with van der Waals surface area (Å²) in [5.41, 5.74) is 3.93. The van der Waals surface area contributed by atoms with Crippen LogP contribution in [0.1, 0.15) is 58.3 Å². The first kappa shape index (κ1) is 27.2. The molecule has 2 fully saturated rings. The van der Waals surface area contributed by atoms with Crippen molar-refractivity contribution in [2.75, 3.05) is 19.7 Å². The van der Waals surface area contributed by atoms with Gasteiger partial charge in [-0.15, -0.1) is 6.42 Å². The minimum absolute atomic E-state index is 0.0177. The van der Waals surface area contributed by atoms with Gasteiger partial charge >= 0.3 is 5.97 Å². The molecule has 1 N–H and O–H groups in total. The van der Waals surface area contributed by atoms with E-state index in [-0.39, 0.29) is 11.8 Å². The fraction of sp³-hybridized carbons (Fsp3) is 0.355. The average Bonchev–Trinajstić information content (AvgIpc) is 3.30. The molecule has 210 valence electrons. The van der Waals surface area contributed by atoms with Gasteiger partial charge in [-0.2, -0.15) is 0 Å². The van der Waals surface area contributed by atoms with Crippen molar-refractivity contribution in [1.29, 1.82) is 0 Å². The van der Waals surface area contributed by atoms with E-state index in [0.29, 0.717) is 47.7 Å². The quantitative estimate of drug-likeness (QED) is 0.283. The Kier molecular flexibility index (Phi) is 7.88. The number of fused-ring (bicyclic) bond motifs is 1. The van der Waals surface area contributed by atoms with Crippen LogP contribution in [0.2, 0.25) is 5.02 Å². The summed E-state index contributed by atoms with van der Waals surface area (Å²) >= 11 is 6.35. The monoisotopic (exact) mass is 571 g/mol. The second-order valence-electron chi connectivity index (χ2n) is 10.5. The molecule has 0 radical (unpaired) electrons. The van der Waals surface area contributed by atoms with E-state index in [0.717, 1.165) is 61.6 Å². The van der Waals surface area contributed by atoms with Gasteiger partial charge in [0, 0.05) is 40.4 Å². The van der Waals surface area contributed by atoms with E-state index in [4.69, 9.17) is 37.5 Å². The number of hydrogen-bond donors (Lipinski definition) is 1. The number of carboxylic acid groups (broad SMARTS) is 1. The zero-order chi connectivity index (χ0) is 28.3. The first-order valence-electron chi connectivity index (χ1n) is 13.7. The molecule has 0 unspecified atom stereocenters. The first-order chi connectivity index (χ1) is 20.0. The lowest BCUT2D eigenvalue weighted by molar-refractivity contribution is -0.0593. The number of benzene rings is 1. The number of likely N-dealkylation sites (tertiary alicyclic amines) is 1. The van der Waals surface area contributed by atoms with Gasteiger partial charge in [-0.25, -0.2) is 19.7 Å². The lowest BCUT2D eigenvalue weighted by Crippen LogP contribution is -2.35. The van der Waals surface area contributed by atoms with Crippen molar-refractivity contribution in [3.8, 4) is 18.2 Å². The van der Waals surface area contributed by atoms with Crippen LogP contribution < -0.4 is 4.74 Å². The molecule has 0 aliphatic carbocycles. The van der Waals surface area contributed by atoms with E-state index in [1.54, 1.807) is 12.1 Å². The molecule has 3 aromatic heterocycles. The number of aromatic carboxylic acids is 1. The minimum atomic E-state index is -1.05. The van der Waals surface area contributed by atoms with E-state index in [1.807, 2.05) is 28.8 Å². The molecular formula is C31H30ClN5O4. The van der Waals surface area contributed by atoms with Crippen molar-refractivity contribution in [3.05, 3.63) is 81.9 Å². The molecule has 4 aromatic rings. The largest absolute Gasteiger partial charge is 0.477 e. The van der Waals surface area contributed by atoms with Crippen LogP contribution in [0.3, 0.4) is 0 Å². The number of nitrogens with zero attached hydrogens (tertiary/aromatic N) is 5. The number of piperidine rings is 1. The SMILES string of the molecule is C#Cc1ccc(COc2cccc(C3CCN(Cc4nc5ccc(C(=O)O)nc5n4C[C@@H]4CCO4)CC3)n2)c(Cl)c1. The van der Waals surface area contributed by atoms with E-state index < -0.39 is 5.97 Å². The Bertz CT molecular complexity index is 1620. The van der Waals surface area contributed by atoms with Crippen LogP contribution in [-0.4, -0.2) is 61.3 Å². The predicted molar refractivity (Wildman–Crippen MR) is 154 cm³/mol. The smallest absolute Gasteiger partial charge is 0.354 e. The Hall–Kier alpha value is -3.97. The number of carbonyl (C=O) groups is 1. The third kappa shape index (κ3) is 6.05. The van der Waals surface area contributed by atoms with Crippen LogP contribution in [0.5, 0.6) is 5.88 Å². The van der Waals surface area contributed by atoms with Gasteiger partial charge in [-0.05, 0) is 62.7 Å². The van der Waals surface area contributed by atoms with Crippen molar-refractivity contribution < 1.29 is 19.4 Å². The molecule has 0 amide bonds. The van der Waals surface area contributed by atoms with E-state index in [9.17, 15) is 9.90 Å². The number of halogens is 1. The lowest BCUT2D eigenvalue weighted by atomic mass is 9.93. The van der Waals surface area contributed by atoms with Gasteiger partial charge in [0.2, 0.25) is 5.88 Å². The second kappa shape index (κ2) is 11.9. The van der Waals surface area contributed by atoms with Crippen molar-refractivity contribution >= 4 is 28.7 Å². The molecule has 1 atom stereocenters. The van der Waals surface area contributed by atoms with E-state index in [2.05, 4.69) is 21.9 Å². The number of terminal acetylenes is 1. The van der Waals surface area contributed by atoms with Gasteiger partial charge in [0.05, 0.1) is 19.2 Å². The van der Waals surface area contributed by atoms with Crippen molar-refractivity contribution in [2.24, 2.45) is 0 Å². The van der Waals surface area contributed by atoms with Crippen LogP contribution in [-0.2, 0) is 24.4 Å². The molecule has 0 spiro atoms. The average molecular weight is 572 g/mol. The fourth-order valence-corrected chi connectivity index (χ4v) is 5.58. The highest BCUT2D eigenvalue weighted by molar-refractivity contribution is 6.31. The topological polar surface area (TPSA) is 103 Å². The summed E-state index contributed by atoms with van der Waals surface area (Å²) in [7, 11) is 0. The highest BCUT2D eigenvalue weighted by atomic mass is 35.5. The molecule has 2 saturated heterocycles. The zero-order valence-electron chi connectivity index (χ0n) is 22.5. The molecule has 0 saturated carbocycles. The Morgan fingerprint density at radius 3 is 2.66 bits per heavy atom. The summed E-state index contributed by atoms with van der Waals surface area (Å²) in [6, 6.07) is 14.6. The highest BCUT2D eigenvalue weighted by Crippen LogP contribution is 2.30. The molecule has 6 rings (SSSR count). The van der Waals surface area contributed by atoms with Crippen LogP contribution in [0.15, 0.2) is 48.5 Å². The molecular weight excluding hydrogens is 542 g/mol. The highest BCUT2D eigenvalue weighted by Gasteiger charge is 2.26. The molecule has 2 aliphatic heterocycles. The normalized spacial score (nSPS) is 17.7. The Morgan fingerprint density at radius 2 is 1.95 bits per heavy atom. The third-order valence-electron chi connectivity index (χ3n) is 7.78. The van der Waals surface area contributed by atoms with Gasteiger partial charge < -0.3 is 19.1 Å². The van der Waals surface area contributed by atoms with Crippen molar-refractivity contribution in [3.63, 3.8) is 0 Å². The summed E-state index contributed by atoms with van der Waals surface area (Å²) in [4.78, 5) is 27.9. The zero-order valence-corrected chi connectivity index (χ0v) is 23.3. The van der Waals surface area contributed by atoms with Gasteiger partial charge in [0.25, 0.3) is 0 Å². The van der Waals surface area contributed by atoms with Crippen LogP contribution in [0.25, 0.3) is 11.2 Å². The maximum Gasteiger partial charge on any atom is 0.354 e. The maximum atomic E-state index is 11.5. The first-order valence-corrected chi connectivity index (χ1v) is 14.1. The number of pyridine rings is 2. The number of rotatable bonds is 9. The lowest BCUT2D eigenvalue weighted by Gasteiger charge is -2.32. The van der Waals surface area contributed by atoms with Crippen molar-refractivity contribution in [1.82, 2.24) is 24.4 Å². The Balaban J connectivity index is 1.10. The van der Waals surface area contributed by atoms with E-state index in [1.165, 1.54) is 6.07 Å². The van der Waals surface area contributed by atoms with E-state index >= 15 is 0 Å². The maximum absolute atomic E-state index is 11.5. The second-order valence-corrected chi connectivity index (χ2v) is 10.9. The standard InChI is InChI=1S/C31H30ClN5O4/c1-2-20-6-7-22(24(32)16-20)19-41-29-5-3-4-25(34-29)21-10-13-36(14-11-21)18-28-33-26-8-9-27(31(38)39)35-30(26)37(28)17-23-12-15-40-23/h1,3-9,16,21,23H,10-15,17-19H2,(H,38,39)/t23-/m0/s1. The molecule has 9 nitrogen and oxygen atoms in total.